The summed E-state index contributed by atoms with van der Waals surface area (Å²) in [5, 5.41) is 0. The van der Waals surface area contributed by atoms with Crippen molar-refractivity contribution in [2.45, 2.75) is 0 Å². The summed E-state index contributed by atoms with van der Waals surface area (Å²) in [6.07, 6.45) is 2.28. The zero-order chi connectivity index (χ0) is 14.5. The van der Waals surface area contributed by atoms with Crippen LogP contribution in [0, 0.1) is 0 Å². The van der Waals surface area contributed by atoms with Crippen LogP contribution in [0.15, 0.2) is 36.7 Å². The minimum atomic E-state index is 0.477. The first-order valence-corrected chi connectivity index (χ1v) is 6.73. The van der Waals surface area contributed by atoms with Gasteiger partial charge < -0.3 is 14.4 Å². The predicted molar refractivity (Wildman–Crippen MR) is 77.0 cm³/mol. The van der Waals surface area contributed by atoms with Crippen molar-refractivity contribution < 1.29 is 14.3 Å². The molecule has 0 radical (unpaired) electrons. The second kappa shape index (κ2) is 6.32. The molecule has 0 bridgehead atoms. The molecule has 0 spiro atoms. The van der Waals surface area contributed by atoms with Crippen molar-refractivity contribution in [2.75, 3.05) is 31.2 Å². The Bertz CT molecular complexity index is 610. The van der Waals surface area contributed by atoms with E-state index in [9.17, 15) is 4.79 Å². The highest BCUT2D eigenvalue weighted by Gasteiger charge is 2.13. The van der Waals surface area contributed by atoms with E-state index in [2.05, 4.69) is 14.9 Å². The first kappa shape index (κ1) is 13.5. The molecular formula is C15H15N3O3. The largest absolute Gasteiger partial charge is 0.439 e. The zero-order valence-electron chi connectivity index (χ0n) is 11.4. The Morgan fingerprint density at radius 3 is 2.62 bits per heavy atom. The molecule has 1 aliphatic heterocycles. The Kier molecular flexibility index (Phi) is 4.07. The van der Waals surface area contributed by atoms with Crippen molar-refractivity contribution in [3.05, 3.63) is 42.2 Å². The summed E-state index contributed by atoms with van der Waals surface area (Å²) in [6, 6.07) is 8.68. The van der Waals surface area contributed by atoms with E-state index >= 15 is 0 Å². The van der Waals surface area contributed by atoms with Crippen LogP contribution in [0.2, 0.25) is 0 Å². The van der Waals surface area contributed by atoms with Crippen LogP contribution < -0.4 is 9.64 Å². The van der Waals surface area contributed by atoms with E-state index in [0.717, 1.165) is 25.2 Å². The number of nitrogens with zero attached hydrogens (tertiary/aromatic N) is 3. The van der Waals surface area contributed by atoms with Crippen molar-refractivity contribution in [2.24, 2.45) is 0 Å². The molecule has 1 aliphatic rings. The van der Waals surface area contributed by atoms with Gasteiger partial charge in [-0.3, -0.25) is 4.79 Å². The van der Waals surface area contributed by atoms with Crippen LogP contribution in [-0.4, -0.2) is 42.6 Å². The third-order valence-electron chi connectivity index (χ3n) is 3.20. The molecule has 0 aliphatic carbocycles. The van der Waals surface area contributed by atoms with Gasteiger partial charge in [-0.15, -0.1) is 0 Å². The number of rotatable bonds is 4. The van der Waals surface area contributed by atoms with Crippen molar-refractivity contribution in [1.82, 2.24) is 9.97 Å². The number of morpholine rings is 1. The number of aldehydes is 1. The van der Waals surface area contributed by atoms with E-state index < -0.39 is 0 Å². The molecule has 0 unspecified atom stereocenters. The highest BCUT2D eigenvalue weighted by molar-refractivity contribution is 5.74. The Hall–Kier alpha value is -2.47. The van der Waals surface area contributed by atoms with Gasteiger partial charge in [0.15, 0.2) is 0 Å². The summed E-state index contributed by atoms with van der Waals surface area (Å²) >= 11 is 0. The second-order valence-electron chi connectivity index (χ2n) is 4.60. The number of carbonyl (C=O) groups excluding carboxylic acids is 1. The van der Waals surface area contributed by atoms with Gasteiger partial charge in [-0.2, -0.15) is 0 Å². The fourth-order valence-corrected chi connectivity index (χ4v) is 2.09. The van der Waals surface area contributed by atoms with Crippen LogP contribution in [0.5, 0.6) is 11.6 Å². The number of benzene rings is 1. The summed E-state index contributed by atoms with van der Waals surface area (Å²) < 4.78 is 11.0. The molecule has 108 valence electrons. The molecule has 0 amide bonds. The van der Waals surface area contributed by atoms with E-state index in [4.69, 9.17) is 9.47 Å². The maximum Gasteiger partial charge on any atom is 0.224 e. The maximum atomic E-state index is 10.6. The van der Waals surface area contributed by atoms with E-state index in [0.29, 0.717) is 30.4 Å². The summed E-state index contributed by atoms with van der Waals surface area (Å²) in [6.45, 7) is 3.02. The van der Waals surface area contributed by atoms with Crippen molar-refractivity contribution in [3.63, 3.8) is 0 Å². The SMILES string of the molecule is O=Cc1ccc(Oc2cc(N3CCOCC3)ncn2)cc1. The van der Waals surface area contributed by atoms with Crippen LogP contribution in [0.4, 0.5) is 5.82 Å². The lowest BCUT2D eigenvalue weighted by Gasteiger charge is -2.27. The van der Waals surface area contributed by atoms with Gasteiger partial charge in [0, 0.05) is 24.7 Å². The van der Waals surface area contributed by atoms with Gasteiger partial charge in [0.05, 0.1) is 13.2 Å². The van der Waals surface area contributed by atoms with Gasteiger partial charge in [0.25, 0.3) is 0 Å². The highest BCUT2D eigenvalue weighted by atomic mass is 16.5. The molecule has 6 heteroatoms. The Morgan fingerprint density at radius 1 is 1.14 bits per heavy atom. The Morgan fingerprint density at radius 2 is 1.90 bits per heavy atom. The molecule has 6 nitrogen and oxygen atoms in total. The quantitative estimate of drug-likeness (QED) is 0.800. The van der Waals surface area contributed by atoms with E-state index in [1.165, 1.54) is 6.33 Å². The molecule has 1 aromatic carbocycles. The van der Waals surface area contributed by atoms with E-state index in [1.54, 1.807) is 30.3 Å². The lowest BCUT2D eigenvalue weighted by molar-refractivity contribution is 0.112. The summed E-state index contributed by atoms with van der Waals surface area (Å²) in [5.41, 5.74) is 0.610. The predicted octanol–water partition coefficient (Wildman–Crippen LogP) is 1.92. The normalized spacial score (nSPS) is 14.8. The molecule has 2 heterocycles. The zero-order valence-corrected chi connectivity index (χ0v) is 11.4. The molecule has 1 aromatic heterocycles. The molecule has 1 fully saturated rings. The lowest BCUT2D eigenvalue weighted by Crippen LogP contribution is -2.36. The summed E-state index contributed by atoms with van der Waals surface area (Å²) in [5.74, 6) is 1.94. The van der Waals surface area contributed by atoms with Gasteiger partial charge in [-0.1, -0.05) is 0 Å². The average Bonchev–Trinajstić information content (AvgIpc) is 2.57. The molecule has 21 heavy (non-hydrogen) atoms. The molecule has 0 atom stereocenters. The molecule has 2 aromatic rings. The minimum Gasteiger partial charge on any atom is -0.439 e. The van der Waals surface area contributed by atoms with E-state index in [-0.39, 0.29) is 0 Å². The van der Waals surface area contributed by atoms with Gasteiger partial charge in [0.2, 0.25) is 5.88 Å². The number of carbonyl (C=O) groups is 1. The number of hydrogen-bond donors (Lipinski definition) is 0. The number of hydrogen-bond acceptors (Lipinski definition) is 6. The first-order chi connectivity index (χ1) is 10.3. The first-order valence-electron chi connectivity index (χ1n) is 6.73. The average molecular weight is 285 g/mol. The molecule has 1 saturated heterocycles. The number of ether oxygens (including phenoxy) is 2. The smallest absolute Gasteiger partial charge is 0.224 e. The third-order valence-corrected chi connectivity index (χ3v) is 3.20. The highest BCUT2D eigenvalue weighted by Crippen LogP contribution is 2.22. The molecule has 0 saturated carbocycles. The molecule has 0 N–H and O–H groups in total. The Labute approximate surface area is 122 Å². The van der Waals surface area contributed by atoms with Gasteiger partial charge >= 0.3 is 0 Å². The fraction of sp³-hybridized carbons (Fsp3) is 0.267. The third kappa shape index (κ3) is 3.35. The van der Waals surface area contributed by atoms with Gasteiger partial charge in [0.1, 0.15) is 24.2 Å². The van der Waals surface area contributed by atoms with Crippen molar-refractivity contribution in [3.8, 4) is 11.6 Å². The summed E-state index contributed by atoms with van der Waals surface area (Å²) in [7, 11) is 0. The van der Waals surface area contributed by atoms with Crippen LogP contribution >= 0.6 is 0 Å². The fourth-order valence-electron chi connectivity index (χ4n) is 2.09. The Balaban J connectivity index is 1.74. The minimum absolute atomic E-state index is 0.477. The standard InChI is InChI=1S/C15H15N3O3/c19-10-12-1-3-13(4-2-12)21-15-9-14(16-11-17-15)18-5-7-20-8-6-18/h1-4,9-11H,5-8H2. The lowest BCUT2D eigenvalue weighted by atomic mass is 10.2. The van der Waals surface area contributed by atoms with Crippen LogP contribution in [-0.2, 0) is 4.74 Å². The van der Waals surface area contributed by atoms with Crippen LogP contribution in [0.25, 0.3) is 0 Å². The maximum absolute atomic E-state index is 10.6. The topological polar surface area (TPSA) is 64.5 Å². The van der Waals surface area contributed by atoms with E-state index in [1.807, 2.05) is 0 Å². The number of aromatic nitrogens is 2. The van der Waals surface area contributed by atoms with Crippen molar-refractivity contribution in [1.29, 1.82) is 0 Å². The second-order valence-corrected chi connectivity index (χ2v) is 4.60. The number of anilines is 1. The molecular weight excluding hydrogens is 270 g/mol. The van der Waals surface area contributed by atoms with Crippen LogP contribution in [0.3, 0.4) is 0 Å². The molecule has 3 rings (SSSR count). The monoisotopic (exact) mass is 285 g/mol. The summed E-state index contributed by atoms with van der Waals surface area (Å²) in [4.78, 5) is 21.1. The van der Waals surface area contributed by atoms with Crippen molar-refractivity contribution >= 4 is 12.1 Å². The van der Waals surface area contributed by atoms with Crippen LogP contribution in [0.1, 0.15) is 10.4 Å². The van der Waals surface area contributed by atoms with Gasteiger partial charge in [-0.05, 0) is 24.3 Å². The van der Waals surface area contributed by atoms with Gasteiger partial charge in [-0.25, -0.2) is 9.97 Å².